The predicted molar refractivity (Wildman–Crippen MR) is 66.3 cm³/mol. The molecule has 2 aromatic rings. The lowest BCUT2D eigenvalue weighted by molar-refractivity contribution is 0.219. The fourth-order valence-corrected chi connectivity index (χ4v) is 1.86. The maximum atomic E-state index is 10.3. The van der Waals surface area contributed by atoms with Crippen LogP contribution >= 0.6 is 0 Å². The van der Waals surface area contributed by atoms with Gasteiger partial charge in [-0.2, -0.15) is 5.26 Å². The van der Waals surface area contributed by atoms with E-state index in [1.165, 1.54) is 0 Å². The summed E-state index contributed by atoms with van der Waals surface area (Å²) in [5.74, 6) is 0. The number of aliphatic hydroxyl groups is 1. The molecule has 0 aromatic heterocycles. The molecule has 0 fully saturated rings. The summed E-state index contributed by atoms with van der Waals surface area (Å²) in [6.07, 6.45) is -0.346. The third kappa shape index (κ3) is 2.52. The van der Waals surface area contributed by atoms with E-state index < -0.39 is 6.10 Å². The van der Waals surface area contributed by atoms with Gasteiger partial charge in [-0.05, 0) is 16.7 Å². The first-order valence-corrected chi connectivity index (χ1v) is 5.50. The molecule has 1 unspecified atom stereocenters. The van der Waals surface area contributed by atoms with Crippen molar-refractivity contribution in [3.8, 4) is 6.07 Å². The Kier molecular flexibility index (Phi) is 3.54. The summed E-state index contributed by atoms with van der Waals surface area (Å²) < 4.78 is 0. The van der Waals surface area contributed by atoms with Crippen molar-refractivity contribution in [1.82, 2.24) is 0 Å². The lowest BCUT2D eigenvalue weighted by atomic mass is 9.96. The van der Waals surface area contributed by atoms with Crippen LogP contribution in [0.3, 0.4) is 0 Å². The zero-order valence-electron chi connectivity index (χ0n) is 9.38. The molecule has 2 heteroatoms. The van der Waals surface area contributed by atoms with Gasteiger partial charge in [0.05, 0.1) is 12.5 Å². The van der Waals surface area contributed by atoms with E-state index in [0.29, 0.717) is 6.42 Å². The number of hydrogen-bond donors (Lipinski definition) is 1. The predicted octanol–water partition coefficient (Wildman–Crippen LogP) is 2.83. The molecule has 2 nitrogen and oxygen atoms in total. The Morgan fingerprint density at radius 2 is 1.65 bits per heavy atom. The van der Waals surface area contributed by atoms with Crippen LogP contribution in [0.25, 0.3) is 0 Å². The van der Waals surface area contributed by atoms with Gasteiger partial charge in [-0.15, -0.1) is 0 Å². The second kappa shape index (κ2) is 5.29. The lowest BCUT2D eigenvalue weighted by Crippen LogP contribution is -2.03. The van der Waals surface area contributed by atoms with Crippen molar-refractivity contribution in [1.29, 1.82) is 5.26 Å². The summed E-state index contributed by atoms with van der Waals surface area (Å²) in [5, 5.41) is 19.1. The first-order chi connectivity index (χ1) is 8.33. The van der Waals surface area contributed by atoms with Crippen LogP contribution in [0.1, 0.15) is 22.8 Å². The van der Waals surface area contributed by atoms with E-state index in [9.17, 15) is 5.11 Å². The van der Waals surface area contributed by atoms with E-state index in [0.717, 1.165) is 16.7 Å². The molecule has 0 radical (unpaired) electrons. The summed E-state index contributed by atoms with van der Waals surface area (Å²) >= 11 is 0. The standard InChI is InChI=1S/C15H13NO/c16-11-10-12-6-4-5-9-14(12)15(17)13-7-2-1-3-8-13/h1-9,15,17H,10H2. The highest BCUT2D eigenvalue weighted by Gasteiger charge is 2.13. The highest BCUT2D eigenvalue weighted by Crippen LogP contribution is 2.24. The molecule has 17 heavy (non-hydrogen) atoms. The Labute approximate surface area is 101 Å². The molecule has 0 amide bonds. The third-order valence-corrected chi connectivity index (χ3v) is 2.73. The van der Waals surface area contributed by atoms with Crippen molar-refractivity contribution in [2.75, 3.05) is 0 Å². The van der Waals surface area contributed by atoms with Crippen LogP contribution in [0.5, 0.6) is 0 Å². The second-order valence-corrected chi connectivity index (χ2v) is 3.85. The van der Waals surface area contributed by atoms with Gasteiger partial charge in [-0.25, -0.2) is 0 Å². The van der Waals surface area contributed by atoms with E-state index in [1.807, 2.05) is 54.6 Å². The molecule has 1 N–H and O–H groups in total. The molecule has 0 bridgehead atoms. The molecular weight excluding hydrogens is 210 g/mol. The first kappa shape index (κ1) is 11.4. The summed E-state index contributed by atoms with van der Waals surface area (Å²) in [7, 11) is 0. The maximum absolute atomic E-state index is 10.3. The van der Waals surface area contributed by atoms with Gasteiger partial charge in [-0.3, -0.25) is 0 Å². The highest BCUT2D eigenvalue weighted by molar-refractivity contribution is 5.37. The SMILES string of the molecule is N#CCc1ccccc1C(O)c1ccccc1. The second-order valence-electron chi connectivity index (χ2n) is 3.85. The number of nitrogens with zero attached hydrogens (tertiary/aromatic N) is 1. The van der Waals surface area contributed by atoms with Gasteiger partial charge in [0, 0.05) is 0 Å². The van der Waals surface area contributed by atoms with Gasteiger partial charge in [0.15, 0.2) is 0 Å². The zero-order chi connectivity index (χ0) is 12.1. The summed E-state index contributed by atoms with van der Waals surface area (Å²) in [6.45, 7) is 0. The van der Waals surface area contributed by atoms with Crippen molar-refractivity contribution in [2.45, 2.75) is 12.5 Å². The summed E-state index contributed by atoms with van der Waals surface area (Å²) in [6, 6.07) is 19.1. The molecule has 0 heterocycles. The van der Waals surface area contributed by atoms with Crippen LogP contribution in [-0.4, -0.2) is 5.11 Å². The molecule has 0 saturated carbocycles. The quantitative estimate of drug-likeness (QED) is 0.869. The molecule has 0 aliphatic heterocycles. The Balaban J connectivity index is 2.38. The number of benzene rings is 2. The number of aliphatic hydroxyl groups excluding tert-OH is 1. The largest absolute Gasteiger partial charge is 0.384 e. The Hall–Kier alpha value is -2.11. The third-order valence-electron chi connectivity index (χ3n) is 2.73. The minimum atomic E-state index is -0.666. The molecule has 2 rings (SSSR count). The van der Waals surface area contributed by atoms with Crippen molar-refractivity contribution >= 4 is 0 Å². The van der Waals surface area contributed by atoms with Crippen LogP contribution < -0.4 is 0 Å². The molecule has 0 aliphatic rings. The molecule has 1 atom stereocenters. The average Bonchev–Trinajstić information content (AvgIpc) is 2.40. The number of hydrogen-bond acceptors (Lipinski definition) is 2. The van der Waals surface area contributed by atoms with Crippen molar-refractivity contribution < 1.29 is 5.11 Å². The van der Waals surface area contributed by atoms with Crippen LogP contribution in [0.4, 0.5) is 0 Å². The topological polar surface area (TPSA) is 44.0 Å². The van der Waals surface area contributed by atoms with E-state index in [-0.39, 0.29) is 0 Å². The fourth-order valence-electron chi connectivity index (χ4n) is 1.86. The minimum Gasteiger partial charge on any atom is -0.384 e. The van der Waals surface area contributed by atoms with Crippen LogP contribution in [0.15, 0.2) is 54.6 Å². The van der Waals surface area contributed by atoms with Gasteiger partial charge in [0.1, 0.15) is 6.10 Å². The van der Waals surface area contributed by atoms with Crippen LogP contribution in [0.2, 0.25) is 0 Å². The molecule has 84 valence electrons. The molecule has 0 saturated heterocycles. The summed E-state index contributed by atoms with van der Waals surface area (Å²) in [5.41, 5.74) is 2.53. The van der Waals surface area contributed by atoms with Gasteiger partial charge < -0.3 is 5.11 Å². The number of rotatable bonds is 3. The van der Waals surface area contributed by atoms with Gasteiger partial charge >= 0.3 is 0 Å². The zero-order valence-corrected chi connectivity index (χ0v) is 9.38. The fraction of sp³-hybridized carbons (Fsp3) is 0.133. The number of nitriles is 1. The van der Waals surface area contributed by atoms with E-state index in [4.69, 9.17) is 5.26 Å². The lowest BCUT2D eigenvalue weighted by Gasteiger charge is -2.14. The molecule has 0 spiro atoms. The first-order valence-electron chi connectivity index (χ1n) is 5.50. The Bertz CT molecular complexity index is 528. The summed E-state index contributed by atoms with van der Waals surface area (Å²) in [4.78, 5) is 0. The van der Waals surface area contributed by atoms with E-state index >= 15 is 0 Å². The smallest absolute Gasteiger partial charge is 0.104 e. The normalized spacial score (nSPS) is 11.8. The maximum Gasteiger partial charge on any atom is 0.104 e. The molecule has 0 aliphatic carbocycles. The van der Waals surface area contributed by atoms with E-state index in [2.05, 4.69) is 6.07 Å². The minimum absolute atomic E-state index is 0.320. The van der Waals surface area contributed by atoms with Crippen molar-refractivity contribution in [3.63, 3.8) is 0 Å². The van der Waals surface area contributed by atoms with Gasteiger partial charge in [0.2, 0.25) is 0 Å². The van der Waals surface area contributed by atoms with Gasteiger partial charge in [0.25, 0.3) is 0 Å². The van der Waals surface area contributed by atoms with Crippen molar-refractivity contribution in [3.05, 3.63) is 71.3 Å². The van der Waals surface area contributed by atoms with Crippen LogP contribution in [0, 0.1) is 11.3 Å². The van der Waals surface area contributed by atoms with E-state index in [1.54, 1.807) is 0 Å². The Morgan fingerprint density at radius 1 is 1.00 bits per heavy atom. The Morgan fingerprint density at radius 3 is 2.35 bits per heavy atom. The highest BCUT2D eigenvalue weighted by atomic mass is 16.3. The van der Waals surface area contributed by atoms with Crippen LogP contribution in [-0.2, 0) is 6.42 Å². The molecule has 2 aromatic carbocycles. The monoisotopic (exact) mass is 223 g/mol. The van der Waals surface area contributed by atoms with Crippen molar-refractivity contribution in [2.24, 2.45) is 0 Å². The van der Waals surface area contributed by atoms with Gasteiger partial charge in [-0.1, -0.05) is 54.6 Å². The molecular formula is C15H13NO. The average molecular weight is 223 g/mol.